The molecule has 43 heavy (non-hydrogen) atoms. The van der Waals surface area contributed by atoms with Crippen LogP contribution in [0.2, 0.25) is 0 Å². The molecule has 9 rings (SSSR count). The Morgan fingerprint density at radius 3 is 1.84 bits per heavy atom. The molecular formula is C42H28O. The predicted octanol–water partition coefficient (Wildman–Crippen LogP) is 11.3. The number of hydrogen-bond acceptors (Lipinski definition) is 1. The number of fused-ring (bicyclic) bond motifs is 5. The summed E-state index contributed by atoms with van der Waals surface area (Å²) in [6.07, 6.45) is 0. The number of para-hydroxylation sites is 1. The Kier molecular flexibility index (Phi) is 5.10. The van der Waals surface area contributed by atoms with E-state index in [0.717, 1.165) is 17.1 Å². The van der Waals surface area contributed by atoms with Crippen LogP contribution in [0, 0.1) is 0 Å². The van der Waals surface area contributed by atoms with Crippen LogP contribution in [0.25, 0.3) is 55.3 Å². The molecule has 0 radical (unpaired) electrons. The zero-order valence-corrected chi connectivity index (χ0v) is 23.8. The van der Waals surface area contributed by atoms with Gasteiger partial charge in [0.25, 0.3) is 0 Å². The average Bonchev–Trinajstić information content (AvgIpc) is 3.35. The van der Waals surface area contributed by atoms with Crippen LogP contribution < -0.4 is 4.74 Å². The van der Waals surface area contributed by atoms with Gasteiger partial charge in [0.15, 0.2) is 0 Å². The van der Waals surface area contributed by atoms with Gasteiger partial charge in [-0.3, -0.25) is 0 Å². The predicted molar refractivity (Wildman–Crippen MR) is 178 cm³/mol. The highest BCUT2D eigenvalue weighted by atomic mass is 16.5. The van der Waals surface area contributed by atoms with E-state index in [0.29, 0.717) is 0 Å². The third kappa shape index (κ3) is 3.34. The molecule has 0 saturated carbocycles. The smallest absolute Gasteiger partial charge is 0.135 e. The second-order valence-electron chi connectivity index (χ2n) is 11.7. The Balaban J connectivity index is 1.30. The Labute approximate surface area is 251 Å². The van der Waals surface area contributed by atoms with Gasteiger partial charge in [0.05, 0.1) is 0 Å². The zero-order chi connectivity index (χ0) is 28.5. The summed E-state index contributed by atoms with van der Waals surface area (Å²) >= 11 is 0. The first-order valence-corrected chi connectivity index (χ1v) is 14.9. The second kappa shape index (κ2) is 9.05. The molecule has 2 aliphatic rings. The molecule has 1 heterocycles. The van der Waals surface area contributed by atoms with Gasteiger partial charge in [-0.15, -0.1) is 0 Å². The normalized spacial score (nSPS) is 15.8. The molecule has 202 valence electrons. The van der Waals surface area contributed by atoms with Crippen molar-refractivity contribution in [2.75, 3.05) is 0 Å². The van der Waals surface area contributed by atoms with E-state index in [-0.39, 0.29) is 5.41 Å². The van der Waals surface area contributed by atoms with Gasteiger partial charge in [0.1, 0.15) is 11.5 Å². The first-order valence-electron chi connectivity index (χ1n) is 14.9. The van der Waals surface area contributed by atoms with Crippen molar-refractivity contribution in [2.24, 2.45) is 0 Å². The average molecular weight is 549 g/mol. The van der Waals surface area contributed by atoms with Crippen LogP contribution in [0.4, 0.5) is 0 Å². The molecule has 1 unspecified atom stereocenters. The van der Waals surface area contributed by atoms with Gasteiger partial charge in [-0.25, -0.2) is 0 Å². The molecule has 0 aromatic heterocycles. The lowest BCUT2D eigenvalue weighted by atomic mass is 9.74. The summed E-state index contributed by atoms with van der Waals surface area (Å²) in [5, 5.41) is 2.38. The fraction of sp³-hybridized carbons (Fsp3) is 0.0476. The molecule has 1 aliphatic carbocycles. The van der Waals surface area contributed by atoms with E-state index < -0.39 is 0 Å². The standard InChI is InChI=1S/C42H28O/c1-42(27-13-3-2-4-14-27)36-22-9-7-18-35(36)40-32(21-12-23-37(40)42)29-16-6-5-15-28(29)30-25-26-39-41-33(30)19-11-20-34(41)31-17-8-10-24-38(31)43-39/h2-26H,1H3. The third-order valence-corrected chi connectivity index (χ3v) is 9.60. The number of rotatable bonds is 3. The zero-order valence-electron chi connectivity index (χ0n) is 23.8. The lowest BCUT2D eigenvalue weighted by Gasteiger charge is -2.28. The maximum atomic E-state index is 6.42. The highest BCUT2D eigenvalue weighted by molar-refractivity contribution is 6.11. The summed E-state index contributed by atoms with van der Waals surface area (Å²) in [5.41, 5.74) is 13.8. The largest absolute Gasteiger partial charge is 0.456 e. The van der Waals surface area contributed by atoms with Gasteiger partial charge in [-0.05, 0) is 80.1 Å². The lowest BCUT2D eigenvalue weighted by Crippen LogP contribution is -2.22. The molecule has 0 N–H and O–H groups in total. The maximum Gasteiger partial charge on any atom is 0.135 e. The van der Waals surface area contributed by atoms with Gasteiger partial charge in [-0.2, -0.15) is 0 Å². The van der Waals surface area contributed by atoms with Gasteiger partial charge in [0.2, 0.25) is 0 Å². The molecule has 0 saturated heterocycles. The third-order valence-electron chi connectivity index (χ3n) is 9.60. The monoisotopic (exact) mass is 548 g/mol. The van der Waals surface area contributed by atoms with Gasteiger partial charge in [0, 0.05) is 16.4 Å². The molecule has 7 aromatic carbocycles. The summed E-state index contributed by atoms with van der Waals surface area (Å²) in [7, 11) is 0. The summed E-state index contributed by atoms with van der Waals surface area (Å²) < 4.78 is 6.42. The van der Waals surface area contributed by atoms with Crippen LogP contribution in [0.3, 0.4) is 0 Å². The van der Waals surface area contributed by atoms with E-state index in [2.05, 4.69) is 153 Å². The van der Waals surface area contributed by atoms with Gasteiger partial charge in [-0.1, -0.05) is 140 Å². The van der Waals surface area contributed by atoms with Crippen molar-refractivity contribution in [3.8, 4) is 56.0 Å². The van der Waals surface area contributed by atoms with Crippen molar-refractivity contribution < 1.29 is 4.74 Å². The molecule has 0 bridgehead atoms. The molecule has 7 aromatic rings. The first-order chi connectivity index (χ1) is 21.2. The van der Waals surface area contributed by atoms with Crippen molar-refractivity contribution in [3.63, 3.8) is 0 Å². The van der Waals surface area contributed by atoms with E-state index in [4.69, 9.17) is 4.74 Å². The van der Waals surface area contributed by atoms with Crippen molar-refractivity contribution in [2.45, 2.75) is 12.3 Å². The molecular weight excluding hydrogens is 520 g/mol. The van der Waals surface area contributed by atoms with E-state index >= 15 is 0 Å². The molecule has 1 heteroatoms. The van der Waals surface area contributed by atoms with Crippen molar-refractivity contribution >= 4 is 10.8 Å². The van der Waals surface area contributed by atoms with Crippen molar-refractivity contribution in [1.82, 2.24) is 0 Å². The van der Waals surface area contributed by atoms with E-state index in [1.54, 1.807) is 0 Å². The number of benzene rings is 7. The SMILES string of the molecule is CC1(c2ccccc2)c2ccccc2-c2c(-c3ccccc3-c3ccc4c5c(cccc35)-c3ccccc3O4)cccc21. The molecule has 0 amide bonds. The fourth-order valence-corrected chi connectivity index (χ4v) is 7.62. The quantitative estimate of drug-likeness (QED) is 0.213. The first kappa shape index (κ1) is 24.2. The second-order valence-corrected chi connectivity index (χ2v) is 11.7. The topological polar surface area (TPSA) is 9.23 Å². The molecule has 1 aliphatic heterocycles. The van der Waals surface area contributed by atoms with Gasteiger partial charge >= 0.3 is 0 Å². The van der Waals surface area contributed by atoms with Crippen molar-refractivity contribution in [3.05, 3.63) is 168 Å². The highest BCUT2D eigenvalue weighted by Gasteiger charge is 2.41. The number of ether oxygens (including phenoxy) is 1. The van der Waals surface area contributed by atoms with E-state index in [1.165, 1.54) is 66.4 Å². The molecule has 1 nitrogen and oxygen atoms in total. The van der Waals surface area contributed by atoms with E-state index in [1.807, 2.05) is 6.07 Å². The van der Waals surface area contributed by atoms with Crippen LogP contribution in [0.1, 0.15) is 23.6 Å². The minimum Gasteiger partial charge on any atom is -0.456 e. The number of hydrogen-bond donors (Lipinski definition) is 0. The Morgan fingerprint density at radius 2 is 1.00 bits per heavy atom. The van der Waals surface area contributed by atoms with Crippen LogP contribution in [-0.2, 0) is 5.41 Å². The molecule has 1 atom stereocenters. The Bertz CT molecular complexity index is 2230. The van der Waals surface area contributed by atoms with E-state index in [9.17, 15) is 0 Å². The van der Waals surface area contributed by atoms with Crippen LogP contribution in [0.15, 0.2) is 152 Å². The summed E-state index contributed by atoms with van der Waals surface area (Å²) in [4.78, 5) is 0. The summed E-state index contributed by atoms with van der Waals surface area (Å²) in [6.45, 7) is 2.38. The highest BCUT2D eigenvalue weighted by Crippen LogP contribution is 2.56. The minimum absolute atomic E-state index is 0.233. The summed E-state index contributed by atoms with van der Waals surface area (Å²) in [6, 6.07) is 55.0. The van der Waals surface area contributed by atoms with Crippen LogP contribution in [0.5, 0.6) is 11.5 Å². The van der Waals surface area contributed by atoms with Gasteiger partial charge < -0.3 is 4.74 Å². The summed E-state index contributed by atoms with van der Waals surface area (Å²) in [5.74, 6) is 1.83. The molecule has 0 spiro atoms. The van der Waals surface area contributed by atoms with Crippen LogP contribution in [-0.4, -0.2) is 0 Å². The lowest BCUT2D eigenvalue weighted by molar-refractivity contribution is 0.487. The Morgan fingerprint density at radius 1 is 0.395 bits per heavy atom. The molecule has 0 fully saturated rings. The Hall–Kier alpha value is -5.40. The maximum absolute atomic E-state index is 6.42. The minimum atomic E-state index is -0.233. The van der Waals surface area contributed by atoms with Crippen LogP contribution >= 0.6 is 0 Å². The fourth-order valence-electron chi connectivity index (χ4n) is 7.62. The van der Waals surface area contributed by atoms with Crippen molar-refractivity contribution in [1.29, 1.82) is 0 Å².